The Morgan fingerprint density at radius 1 is 0.392 bits per heavy atom. The standard InChI is InChI=1S/C25H31NO7.C25H31NO6.C24H29NO6.C20H18O9/c1-28-22-9-15(10-23(29-2)24(22)30-3)18-13-25(27,26-16-7-5-4-6-8-16)33-19-12-21-20(11-17(18)19)31-14-32-21;1-5-16-23(15-10-21(27-2)24(29-4)22(11-15)28-3)17-12-19-20(31-14-30-19)13-18(17)32-25(16)26-8-6-7-9-26;1-14-22(15-9-20(27-2)23(26)21(10-15)28-3)16-11-18-19(30-13-29-18)12-17(16)31-24(14)25-7-5-4-6-8-25;1-24-14-3-9(4-15(25-2)18(14)21)16-10-5-12-13(28-8-27-12)6-11(10)29-20(23)7-26-19(22)17(16)20/h9-12,16,18,26-27H,4-8,13-14H2,1-3H3;10-13,16,23,25H,5-9,14H2,1-4H3;9-12,14,22,24,26H,4-8,13H2,1-3H3;3-6,16-17,21,23H,7-8H2,1-2H3. The second-order valence-corrected chi connectivity index (χ2v) is 32.8. The number of nitrogens with one attached hydrogen (secondary N) is 1. The molecule has 11 heterocycles. The Bertz CT molecular complexity index is 5180. The largest absolute Gasteiger partial charge is 0.502 e. The van der Waals surface area contributed by atoms with Gasteiger partial charge in [-0.05, 0) is 140 Å². The van der Waals surface area contributed by atoms with E-state index in [9.17, 15) is 25.2 Å². The van der Waals surface area contributed by atoms with Crippen molar-refractivity contribution in [1.29, 1.82) is 0 Å². The molecule has 0 amide bonds. The lowest BCUT2D eigenvalue weighted by molar-refractivity contribution is -0.185. The summed E-state index contributed by atoms with van der Waals surface area (Å²) in [6.07, 6.45) is 12.9. The van der Waals surface area contributed by atoms with Crippen LogP contribution in [0.3, 0.4) is 0 Å². The molecule has 1 aliphatic carbocycles. The maximum Gasteiger partial charge on any atom is 0.317 e. The number of benzene rings is 8. The van der Waals surface area contributed by atoms with Crippen LogP contribution in [0.15, 0.2) is 97.1 Å². The number of phenols is 2. The summed E-state index contributed by atoms with van der Waals surface area (Å²) >= 11 is 0. The van der Waals surface area contributed by atoms with E-state index in [4.69, 9.17) is 109 Å². The van der Waals surface area contributed by atoms with Gasteiger partial charge in [-0.2, -0.15) is 0 Å². The summed E-state index contributed by atoms with van der Waals surface area (Å²) in [6.45, 7) is 9.03. The van der Waals surface area contributed by atoms with Crippen LogP contribution in [0, 0.1) is 17.8 Å². The number of hydrogen-bond donors (Lipinski definition) is 5. The quantitative estimate of drug-likeness (QED) is 0.0371. The van der Waals surface area contributed by atoms with E-state index in [1.165, 1.54) is 52.7 Å². The summed E-state index contributed by atoms with van der Waals surface area (Å²) < 4.78 is 130. The number of hydrogen-bond acceptors (Lipinski definition) is 31. The van der Waals surface area contributed by atoms with Crippen LogP contribution in [0.5, 0.6) is 138 Å². The van der Waals surface area contributed by atoms with Crippen molar-refractivity contribution >= 4 is 5.97 Å². The molecule has 1 saturated carbocycles. The minimum Gasteiger partial charge on any atom is -0.502 e. The maximum absolute atomic E-state index is 12.6. The zero-order valence-corrected chi connectivity index (χ0v) is 72.3. The van der Waals surface area contributed by atoms with Crippen LogP contribution in [0.4, 0.5) is 0 Å². The minimum atomic E-state index is -1.85. The Morgan fingerprint density at radius 3 is 1.20 bits per heavy atom. The highest BCUT2D eigenvalue weighted by atomic mass is 16.7. The van der Waals surface area contributed by atoms with Crippen molar-refractivity contribution < 1.29 is 134 Å². The van der Waals surface area contributed by atoms with E-state index in [1.807, 2.05) is 48.5 Å². The third-order valence-corrected chi connectivity index (χ3v) is 25.8. The van der Waals surface area contributed by atoms with Gasteiger partial charge in [-0.1, -0.05) is 39.5 Å². The van der Waals surface area contributed by atoms with E-state index in [0.29, 0.717) is 104 Å². The molecule has 0 aromatic heterocycles. The molecule has 8 aromatic rings. The van der Waals surface area contributed by atoms with Crippen molar-refractivity contribution in [2.45, 2.75) is 145 Å². The number of phenolic OH excluding ortho intramolecular Hbond substituents is 2. The van der Waals surface area contributed by atoms with Crippen LogP contribution in [-0.2, 0) is 9.53 Å². The fourth-order valence-corrected chi connectivity index (χ4v) is 19.8. The molecule has 4 fully saturated rings. The van der Waals surface area contributed by atoms with Crippen LogP contribution < -0.4 is 110 Å². The van der Waals surface area contributed by atoms with Crippen LogP contribution >= 0.6 is 0 Å². The molecule has 0 radical (unpaired) electrons. The first-order valence-corrected chi connectivity index (χ1v) is 42.6. The first-order chi connectivity index (χ1) is 60.8. The molecule has 125 heavy (non-hydrogen) atoms. The second kappa shape index (κ2) is 36.1. The summed E-state index contributed by atoms with van der Waals surface area (Å²) in [5, 5.41) is 46.8. The van der Waals surface area contributed by atoms with Gasteiger partial charge < -0.3 is 129 Å². The van der Waals surface area contributed by atoms with Crippen LogP contribution in [0.2, 0.25) is 0 Å². The molecular weight excluding hydrogens is 1620 g/mol. The number of carbonyl (C=O) groups excluding carboxylic acids is 1. The monoisotopic (exact) mass is 1730 g/mol. The number of cyclic esters (lactones) is 1. The van der Waals surface area contributed by atoms with Gasteiger partial charge in [-0.25, -0.2) is 0 Å². The Kier molecular flexibility index (Phi) is 24.6. The molecule has 20 rings (SSSR count). The average molecular weight is 1730 g/mol. The first kappa shape index (κ1) is 85.4. The Balaban J connectivity index is 0.000000118. The molecule has 31 nitrogen and oxygen atoms in total. The highest BCUT2D eigenvalue weighted by Gasteiger charge is 2.60. The predicted molar refractivity (Wildman–Crippen MR) is 450 cm³/mol. The van der Waals surface area contributed by atoms with E-state index in [2.05, 4.69) is 47.2 Å². The predicted octanol–water partition coefficient (Wildman–Crippen LogP) is 14.0. The summed E-state index contributed by atoms with van der Waals surface area (Å²) in [5.41, 5.74) is 7.26. The van der Waals surface area contributed by atoms with Crippen molar-refractivity contribution in [1.82, 2.24) is 15.1 Å². The van der Waals surface area contributed by atoms with Gasteiger partial charge in [0.05, 0.1) is 71.1 Å². The molecule has 11 unspecified atom stereocenters. The molecule has 3 saturated heterocycles. The van der Waals surface area contributed by atoms with Crippen molar-refractivity contribution in [3.05, 3.63) is 142 Å². The summed E-state index contributed by atoms with van der Waals surface area (Å²) in [4.78, 5) is 17.5. The average Bonchev–Trinajstić information content (AvgIpc) is 1.60. The number of esters is 1. The van der Waals surface area contributed by atoms with Crippen molar-refractivity contribution in [2.24, 2.45) is 17.8 Å². The van der Waals surface area contributed by atoms with Crippen molar-refractivity contribution in [3.63, 3.8) is 0 Å². The van der Waals surface area contributed by atoms with E-state index in [0.717, 1.165) is 120 Å². The molecule has 12 aliphatic rings. The fraction of sp³-hybridized carbons (Fsp3) is 0.479. The number of aromatic hydroxyl groups is 2. The molecule has 8 aromatic carbocycles. The van der Waals surface area contributed by atoms with Crippen LogP contribution in [0.25, 0.3) is 0 Å². The van der Waals surface area contributed by atoms with Gasteiger partial charge in [0.2, 0.25) is 50.2 Å². The van der Waals surface area contributed by atoms with Crippen molar-refractivity contribution in [2.75, 3.05) is 131 Å². The van der Waals surface area contributed by atoms with Gasteiger partial charge in [0.15, 0.2) is 111 Å². The smallest absolute Gasteiger partial charge is 0.317 e. The zero-order chi connectivity index (χ0) is 87.1. The molecule has 5 N–H and O–H groups in total. The van der Waals surface area contributed by atoms with Crippen LogP contribution in [-0.4, -0.2) is 197 Å². The lowest BCUT2D eigenvalue weighted by Gasteiger charge is -2.44. The molecule has 31 heteroatoms. The number of piperidine rings is 1. The third kappa shape index (κ3) is 16.3. The van der Waals surface area contributed by atoms with E-state index in [-0.39, 0.29) is 105 Å². The van der Waals surface area contributed by atoms with Gasteiger partial charge >= 0.3 is 5.97 Å². The Morgan fingerprint density at radius 2 is 0.752 bits per heavy atom. The van der Waals surface area contributed by atoms with Crippen LogP contribution in [0.1, 0.15) is 159 Å². The number of fused-ring (bicyclic) bond motifs is 9. The Labute approximate surface area is 725 Å². The minimum absolute atomic E-state index is 0.000497. The number of nitrogens with zero attached hydrogens (tertiary/aromatic N) is 2. The zero-order valence-electron chi connectivity index (χ0n) is 72.3. The normalized spacial score (nSPS) is 24.8. The van der Waals surface area contributed by atoms with Crippen molar-refractivity contribution in [3.8, 4) is 138 Å². The highest BCUT2D eigenvalue weighted by Crippen LogP contribution is 2.60. The molecule has 0 bridgehead atoms. The number of methoxy groups -OCH3 is 10. The first-order valence-electron chi connectivity index (χ1n) is 42.6. The van der Waals surface area contributed by atoms with E-state index >= 15 is 0 Å². The SMILES string of the molecule is CCC1C(c2cc(OC)c(OC)c(OC)c2)c2cc3c(cc2OC1N1CCCC1)OCO3.COc1cc(C2CC(O)(NC3CCCCC3)Oc3cc4c(cc32)OCO4)cc(OC)c1OC.COc1cc(C2c3cc4c(cc3OC(N3CCCCC3)C2C)OCO4)cc(OC)c1O.COc1cc(C2c3cc4c(cc3OC3(O)COC(=O)C23)OCO4)cc(OC)c1O. The summed E-state index contributed by atoms with van der Waals surface area (Å²) in [7, 11) is 15.6. The molecule has 0 spiro atoms. The van der Waals surface area contributed by atoms with Gasteiger partial charge in [-0.15, -0.1) is 0 Å². The number of aliphatic hydroxyl groups is 2. The third-order valence-electron chi connectivity index (χ3n) is 25.8. The topological polar surface area (TPSA) is 329 Å². The summed E-state index contributed by atoms with van der Waals surface area (Å²) in [5.74, 6) is 6.95. The number of likely N-dealkylation sites (tertiary alicyclic amines) is 2. The fourth-order valence-electron chi connectivity index (χ4n) is 19.8. The molecule has 11 atom stereocenters. The second-order valence-electron chi connectivity index (χ2n) is 32.8. The van der Waals surface area contributed by atoms with Gasteiger partial charge in [0.25, 0.3) is 11.7 Å². The lowest BCUT2D eigenvalue weighted by atomic mass is 9.75. The van der Waals surface area contributed by atoms with Gasteiger partial charge in [0.1, 0.15) is 28.9 Å². The maximum atomic E-state index is 12.6. The van der Waals surface area contributed by atoms with Gasteiger partial charge in [0, 0.05) is 121 Å². The number of rotatable bonds is 19. The highest BCUT2D eigenvalue weighted by molar-refractivity contribution is 5.80. The number of carbonyl (C=O) groups is 1. The Hall–Kier alpha value is -11.8. The number of ether oxygens (including phenoxy) is 23. The van der Waals surface area contributed by atoms with E-state index in [1.54, 1.807) is 87.2 Å². The molecule has 668 valence electrons. The molecular formula is C94H109N3O28. The lowest BCUT2D eigenvalue weighted by Crippen LogP contribution is -2.57. The van der Waals surface area contributed by atoms with E-state index < -0.39 is 29.5 Å². The van der Waals surface area contributed by atoms with Gasteiger partial charge in [-0.3, -0.25) is 19.9 Å². The molecule has 11 aliphatic heterocycles. The summed E-state index contributed by atoms with van der Waals surface area (Å²) in [6, 6.07) is 30.3.